The van der Waals surface area contributed by atoms with E-state index in [2.05, 4.69) is 16.2 Å². The largest absolute Gasteiger partial charge is 0.358 e. The Bertz CT molecular complexity index is 343. The highest BCUT2D eigenvalue weighted by Gasteiger charge is 2.39. The highest BCUT2D eigenvalue weighted by atomic mass is 32.1. The first-order valence-corrected chi connectivity index (χ1v) is 6.99. The predicted octanol–water partition coefficient (Wildman–Crippen LogP) is 1.08. The second kappa shape index (κ2) is 4.44. The van der Waals surface area contributed by atoms with Crippen molar-refractivity contribution in [2.24, 2.45) is 17.8 Å². The Labute approximate surface area is 107 Å². The van der Waals surface area contributed by atoms with E-state index in [1.165, 1.54) is 25.7 Å². The number of thiocarbonyl (C=S) groups is 1. The third kappa shape index (κ3) is 2.54. The van der Waals surface area contributed by atoms with Crippen LogP contribution in [0.5, 0.6) is 0 Å². The minimum atomic E-state index is 0.0714. The molecule has 3 aliphatic carbocycles. The minimum absolute atomic E-state index is 0.0714. The number of carbonyl (C=O) groups excluding carboxylic acids is 1. The number of fused-ring (bicyclic) bond motifs is 2. The first kappa shape index (κ1) is 11.3. The molecule has 0 spiro atoms. The van der Waals surface area contributed by atoms with Crippen molar-refractivity contribution in [1.82, 2.24) is 16.2 Å². The smallest absolute Gasteiger partial charge is 0.241 e. The Hall–Kier alpha value is -0.840. The molecule has 1 amide bonds. The maximum absolute atomic E-state index is 11.4. The molecule has 0 aromatic carbocycles. The molecule has 94 valence electrons. The van der Waals surface area contributed by atoms with E-state index in [0.29, 0.717) is 11.2 Å². The fourth-order valence-electron chi connectivity index (χ4n) is 3.19. The molecule has 0 heterocycles. The van der Waals surface area contributed by atoms with Gasteiger partial charge in [-0.2, -0.15) is 0 Å². The SMILES string of the molecule is O=C(NNC(=S)N[C@H]1C[C@H]2CC[C@H]1C2)C1CC1. The molecule has 4 nitrogen and oxygen atoms in total. The maximum atomic E-state index is 11.4. The summed E-state index contributed by atoms with van der Waals surface area (Å²) in [6.07, 6.45) is 7.35. The number of hydrogen-bond donors (Lipinski definition) is 3. The number of amides is 1. The molecule has 3 aliphatic rings. The van der Waals surface area contributed by atoms with Gasteiger partial charge in [0.25, 0.3) is 0 Å². The van der Waals surface area contributed by atoms with Crippen molar-refractivity contribution in [1.29, 1.82) is 0 Å². The first-order valence-electron chi connectivity index (χ1n) is 6.58. The van der Waals surface area contributed by atoms with Crippen LogP contribution in [0.1, 0.15) is 38.5 Å². The zero-order chi connectivity index (χ0) is 11.8. The van der Waals surface area contributed by atoms with Gasteiger partial charge in [0.15, 0.2) is 5.11 Å². The molecule has 2 bridgehead atoms. The summed E-state index contributed by atoms with van der Waals surface area (Å²) in [4.78, 5) is 11.4. The van der Waals surface area contributed by atoms with Gasteiger partial charge in [0.1, 0.15) is 0 Å². The molecule has 5 heteroatoms. The molecule has 3 N–H and O–H groups in total. The van der Waals surface area contributed by atoms with Gasteiger partial charge in [0, 0.05) is 12.0 Å². The van der Waals surface area contributed by atoms with Gasteiger partial charge < -0.3 is 5.32 Å². The molecule has 17 heavy (non-hydrogen) atoms. The zero-order valence-electron chi connectivity index (χ0n) is 9.87. The molecule has 3 saturated carbocycles. The number of hydrogen-bond acceptors (Lipinski definition) is 2. The van der Waals surface area contributed by atoms with Crippen LogP contribution in [0.15, 0.2) is 0 Å². The van der Waals surface area contributed by atoms with Crippen molar-refractivity contribution in [3.63, 3.8) is 0 Å². The Kier molecular flexibility index (Phi) is 2.94. The van der Waals surface area contributed by atoms with Crippen molar-refractivity contribution >= 4 is 23.2 Å². The lowest BCUT2D eigenvalue weighted by Crippen LogP contribution is -2.51. The fourth-order valence-corrected chi connectivity index (χ4v) is 3.39. The molecule has 0 saturated heterocycles. The zero-order valence-corrected chi connectivity index (χ0v) is 10.7. The highest BCUT2D eigenvalue weighted by molar-refractivity contribution is 7.80. The van der Waals surface area contributed by atoms with E-state index in [9.17, 15) is 4.79 Å². The Morgan fingerprint density at radius 3 is 2.47 bits per heavy atom. The van der Waals surface area contributed by atoms with E-state index in [1.807, 2.05) is 0 Å². The van der Waals surface area contributed by atoms with E-state index in [0.717, 1.165) is 24.7 Å². The number of hydrazine groups is 1. The normalized spacial score (nSPS) is 34.5. The summed E-state index contributed by atoms with van der Waals surface area (Å²) in [6, 6.07) is 0.520. The molecule has 0 aliphatic heterocycles. The van der Waals surface area contributed by atoms with Gasteiger partial charge >= 0.3 is 0 Å². The van der Waals surface area contributed by atoms with Crippen molar-refractivity contribution in [2.75, 3.05) is 0 Å². The van der Waals surface area contributed by atoms with Crippen LogP contribution in [0.25, 0.3) is 0 Å². The summed E-state index contributed by atoms with van der Waals surface area (Å²) in [5, 5.41) is 3.90. The minimum Gasteiger partial charge on any atom is -0.358 e. The average molecular weight is 253 g/mol. The monoisotopic (exact) mass is 253 g/mol. The molecule has 3 fully saturated rings. The predicted molar refractivity (Wildman–Crippen MR) is 69.0 cm³/mol. The van der Waals surface area contributed by atoms with Crippen LogP contribution in [-0.4, -0.2) is 17.1 Å². The molecule has 0 aromatic heterocycles. The van der Waals surface area contributed by atoms with Crippen molar-refractivity contribution in [2.45, 2.75) is 44.6 Å². The molecular weight excluding hydrogens is 234 g/mol. The summed E-state index contributed by atoms with van der Waals surface area (Å²) < 4.78 is 0. The van der Waals surface area contributed by atoms with Crippen molar-refractivity contribution in [3.8, 4) is 0 Å². The molecule has 3 rings (SSSR count). The van der Waals surface area contributed by atoms with E-state index in [4.69, 9.17) is 12.2 Å². The van der Waals surface area contributed by atoms with Crippen LogP contribution < -0.4 is 16.2 Å². The first-order chi connectivity index (χ1) is 8.22. The second-order valence-electron chi connectivity index (χ2n) is 5.64. The fraction of sp³-hybridized carbons (Fsp3) is 0.833. The maximum Gasteiger partial charge on any atom is 0.241 e. The summed E-state index contributed by atoms with van der Waals surface area (Å²) in [6.45, 7) is 0. The highest BCUT2D eigenvalue weighted by Crippen LogP contribution is 2.44. The lowest BCUT2D eigenvalue weighted by molar-refractivity contribution is -0.122. The van der Waals surface area contributed by atoms with Gasteiger partial charge in [-0.25, -0.2) is 0 Å². The molecular formula is C12H19N3OS. The van der Waals surface area contributed by atoms with Crippen LogP contribution in [-0.2, 0) is 4.79 Å². The Morgan fingerprint density at radius 2 is 1.88 bits per heavy atom. The van der Waals surface area contributed by atoms with Gasteiger partial charge in [-0.15, -0.1) is 0 Å². The number of nitrogens with one attached hydrogen (secondary N) is 3. The average Bonchev–Trinajstić information content (AvgIpc) is 2.97. The molecule has 0 aromatic rings. The third-order valence-electron chi connectivity index (χ3n) is 4.30. The van der Waals surface area contributed by atoms with Gasteiger partial charge in [0.05, 0.1) is 0 Å². The van der Waals surface area contributed by atoms with Crippen LogP contribution >= 0.6 is 12.2 Å². The summed E-state index contributed by atoms with van der Waals surface area (Å²) in [5.41, 5.74) is 5.48. The van der Waals surface area contributed by atoms with E-state index >= 15 is 0 Å². The summed E-state index contributed by atoms with van der Waals surface area (Å²) in [7, 11) is 0. The Morgan fingerprint density at radius 1 is 1.06 bits per heavy atom. The lowest BCUT2D eigenvalue weighted by Gasteiger charge is -2.24. The number of carbonyl (C=O) groups is 1. The molecule has 0 unspecified atom stereocenters. The standard InChI is InChI=1S/C12H19N3OS/c16-11(8-3-4-8)14-15-12(17)13-10-6-7-1-2-9(10)5-7/h7-10H,1-6H2,(H,14,16)(H2,13,15,17)/t7-,9-,10-/m0/s1. The summed E-state index contributed by atoms with van der Waals surface area (Å²) in [5.74, 6) is 1.98. The molecule has 0 radical (unpaired) electrons. The van der Waals surface area contributed by atoms with E-state index in [-0.39, 0.29) is 11.8 Å². The van der Waals surface area contributed by atoms with E-state index < -0.39 is 0 Å². The van der Waals surface area contributed by atoms with Crippen LogP contribution in [0.4, 0.5) is 0 Å². The van der Waals surface area contributed by atoms with Gasteiger partial charge in [-0.1, -0.05) is 6.42 Å². The van der Waals surface area contributed by atoms with Crippen molar-refractivity contribution < 1.29 is 4.79 Å². The Balaban J connectivity index is 1.39. The number of rotatable bonds is 2. The van der Waals surface area contributed by atoms with Crippen LogP contribution in [0, 0.1) is 17.8 Å². The summed E-state index contributed by atoms with van der Waals surface area (Å²) >= 11 is 5.19. The van der Waals surface area contributed by atoms with Crippen molar-refractivity contribution in [3.05, 3.63) is 0 Å². The van der Waals surface area contributed by atoms with Gasteiger partial charge in [-0.3, -0.25) is 15.6 Å². The lowest BCUT2D eigenvalue weighted by atomic mass is 9.96. The second-order valence-corrected chi connectivity index (χ2v) is 6.05. The van der Waals surface area contributed by atoms with E-state index in [1.54, 1.807) is 0 Å². The topological polar surface area (TPSA) is 53.2 Å². The van der Waals surface area contributed by atoms with Crippen LogP contribution in [0.2, 0.25) is 0 Å². The quantitative estimate of drug-likeness (QED) is 0.509. The van der Waals surface area contributed by atoms with Gasteiger partial charge in [0.2, 0.25) is 5.91 Å². The third-order valence-corrected chi connectivity index (χ3v) is 4.52. The van der Waals surface area contributed by atoms with Crippen LogP contribution in [0.3, 0.4) is 0 Å². The molecule has 3 atom stereocenters. The van der Waals surface area contributed by atoms with Gasteiger partial charge in [-0.05, 0) is 56.2 Å².